The first-order valence-corrected chi connectivity index (χ1v) is 4.40. The van der Waals surface area contributed by atoms with Gasteiger partial charge in [0.05, 0.1) is 9.52 Å². The molecule has 0 bridgehead atoms. The van der Waals surface area contributed by atoms with Gasteiger partial charge in [0.2, 0.25) is 0 Å². The number of methoxy groups -OCH3 is 1. The molecule has 0 spiro atoms. The Labute approximate surface area is 41.5 Å². The van der Waals surface area contributed by atoms with Crippen molar-refractivity contribution >= 4 is 9.52 Å². The predicted octanol–water partition coefficient (Wildman–Crippen LogP) is 0.197. The lowest BCUT2D eigenvalue weighted by atomic mass is 11.0. The van der Waals surface area contributed by atoms with E-state index in [1.54, 1.807) is 7.11 Å². The molecule has 38 valence electrons. The zero-order chi connectivity index (χ0) is 4.83. The third kappa shape index (κ3) is 4.18. The van der Waals surface area contributed by atoms with E-state index in [1.165, 1.54) is 6.04 Å². The molecule has 1 nitrogen and oxygen atoms in total. The molecule has 0 aromatic heterocycles. The molecule has 0 aliphatic heterocycles. The Morgan fingerprint density at radius 1 is 1.67 bits per heavy atom. The summed E-state index contributed by atoms with van der Waals surface area (Å²) in [6.07, 6.45) is 1.05. The molecule has 0 fully saturated rings. The Morgan fingerprint density at radius 2 is 2.33 bits per heavy atom. The van der Waals surface area contributed by atoms with E-state index in [0.29, 0.717) is 0 Å². The van der Waals surface area contributed by atoms with E-state index in [2.05, 4.69) is 6.92 Å². The van der Waals surface area contributed by atoms with E-state index in [9.17, 15) is 0 Å². The fourth-order valence-electron chi connectivity index (χ4n) is 0.289. The summed E-state index contributed by atoms with van der Waals surface area (Å²) in [5, 5.41) is 0. The highest BCUT2D eigenvalue weighted by Crippen LogP contribution is 1.71. The Morgan fingerprint density at radius 3 is 2.50 bits per heavy atom. The second-order valence-corrected chi connectivity index (χ2v) is 3.46. The lowest BCUT2D eigenvalue weighted by Gasteiger charge is -1.88. The Hall–Kier alpha value is 0.177. The average Bonchev–Trinajstić information content (AvgIpc) is 1.61. The second kappa shape index (κ2) is 5.18. The molecule has 0 aromatic carbocycles. The highest BCUT2D eigenvalue weighted by Gasteiger charge is 1.76. The maximum atomic E-state index is 4.84. The third-order valence-corrected chi connectivity index (χ3v) is 2.11. The fourth-order valence-corrected chi connectivity index (χ4v) is 0.866. The zero-order valence-corrected chi connectivity index (χ0v) is 5.94. The summed E-state index contributed by atoms with van der Waals surface area (Å²) in [4.78, 5) is 0. The van der Waals surface area contributed by atoms with Gasteiger partial charge in [0, 0.05) is 13.3 Å². The lowest BCUT2D eigenvalue weighted by Crippen LogP contribution is -1.96. The van der Waals surface area contributed by atoms with Crippen LogP contribution in [0.3, 0.4) is 0 Å². The van der Waals surface area contributed by atoms with Gasteiger partial charge in [-0.1, -0.05) is 13.0 Å². The van der Waals surface area contributed by atoms with Crippen LogP contribution in [0.25, 0.3) is 0 Å². The fraction of sp³-hybridized carbons (Fsp3) is 1.00. The molecule has 2 heteroatoms. The van der Waals surface area contributed by atoms with Crippen molar-refractivity contribution in [2.75, 3.05) is 13.3 Å². The van der Waals surface area contributed by atoms with Crippen molar-refractivity contribution < 1.29 is 4.74 Å². The Bertz CT molecular complexity index is 19.5. The normalized spacial score (nSPS) is 11.0. The molecule has 0 atom stereocenters. The smallest absolute Gasteiger partial charge is 0.0513 e. The molecular weight excluding hydrogens is 92.1 g/mol. The largest absolute Gasteiger partial charge is 0.389 e. The van der Waals surface area contributed by atoms with Crippen LogP contribution in [0.15, 0.2) is 0 Å². The van der Waals surface area contributed by atoms with Gasteiger partial charge >= 0.3 is 0 Å². The third-order valence-electron chi connectivity index (χ3n) is 0.702. The monoisotopic (exact) mass is 104 g/mol. The van der Waals surface area contributed by atoms with Crippen molar-refractivity contribution in [1.82, 2.24) is 0 Å². The molecule has 6 heavy (non-hydrogen) atoms. The number of rotatable bonds is 3. The van der Waals surface area contributed by atoms with Crippen molar-refractivity contribution in [3.8, 4) is 0 Å². The number of ether oxygens (including phenoxy) is 1. The minimum atomic E-state index is 0.199. The standard InChI is InChI=1S/C4H12OSi/c1-3-6-4-5-2/h3-4,6H2,1-2H3. The molecule has 0 heterocycles. The van der Waals surface area contributed by atoms with Crippen LogP contribution in [0.4, 0.5) is 0 Å². The van der Waals surface area contributed by atoms with Crippen LogP contribution in [-0.2, 0) is 4.74 Å². The van der Waals surface area contributed by atoms with Crippen LogP contribution in [-0.4, -0.2) is 22.9 Å². The predicted molar refractivity (Wildman–Crippen MR) is 30.9 cm³/mol. The molecule has 0 aromatic rings. The summed E-state index contributed by atoms with van der Waals surface area (Å²) in [5.41, 5.74) is 0. The van der Waals surface area contributed by atoms with Crippen molar-refractivity contribution in [2.45, 2.75) is 13.0 Å². The first-order chi connectivity index (χ1) is 2.91. The van der Waals surface area contributed by atoms with E-state index < -0.39 is 0 Å². The van der Waals surface area contributed by atoms with Crippen molar-refractivity contribution in [2.24, 2.45) is 0 Å². The van der Waals surface area contributed by atoms with E-state index >= 15 is 0 Å². The Balaban J connectivity index is 2.34. The maximum Gasteiger partial charge on any atom is 0.0513 e. The molecule has 0 rings (SSSR count). The van der Waals surface area contributed by atoms with Gasteiger partial charge in [0.1, 0.15) is 0 Å². The van der Waals surface area contributed by atoms with Crippen LogP contribution in [0.1, 0.15) is 6.92 Å². The minimum Gasteiger partial charge on any atom is -0.389 e. The van der Waals surface area contributed by atoms with Gasteiger partial charge < -0.3 is 4.74 Å². The second-order valence-electron chi connectivity index (χ2n) is 1.35. The Kier molecular flexibility index (Phi) is 5.33. The lowest BCUT2D eigenvalue weighted by molar-refractivity contribution is 0.251. The average molecular weight is 104 g/mol. The summed E-state index contributed by atoms with van der Waals surface area (Å²) < 4.78 is 4.84. The molecule has 0 saturated carbocycles. The number of hydrogen-bond donors (Lipinski definition) is 0. The summed E-state index contributed by atoms with van der Waals surface area (Å²) in [6, 6.07) is 1.37. The minimum absolute atomic E-state index is 0.199. The first kappa shape index (κ1) is 6.18. The van der Waals surface area contributed by atoms with Gasteiger partial charge in [-0.25, -0.2) is 0 Å². The molecule has 0 unspecified atom stereocenters. The van der Waals surface area contributed by atoms with E-state index in [-0.39, 0.29) is 9.52 Å². The van der Waals surface area contributed by atoms with Gasteiger partial charge in [-0.3, -0.25) is 0 Å². The molecule has 0 amide bonds. The quantitative estimate of drug-likeness (QED) is 0.367. The summed E-state index contributed by atoms with van der Waals surface area (Å²) >= 11 is 0. The molecule has 0 N–H and O–H groups in total. The van der Waals surface area contributed by atoms with Crippen molar-refractivity contribution in [1.29, 1.82) is 0 Å². The van der Waals surface area contributed by atoms with Crippen LogP contribution >= 0.6 is 0 Å². The van der Waals surface area contributed by atoms with Crippen LogP contribution < -0.4 is 0 Å². The highest BCUT2D eigenvalue weighted by atomic mass is 28.2. The summed E-state index contributed by atoms with van der Waals surface area (Å²) in [5.74, 6) is 0. The molecule has 0 saturated heterocycles. The highest BCUT2D eigenvalue weighted by molar-refractivity contribution is 6.34. The van der Waals surface area contributed by atoms with Gasteiger partial charge in [-0.05, 0) is 0 Å². The van der Waals surface area contributed by atoms with Crippen molar-refractivity contribution in [3.05, 3.63) is 0 Å². The van der Waals surface area contributed by atoms with Gasteiger partial charge in [0.25, 0.3) is 0 Å². The maximum absolute atomic E-state index is 4.84. The summed E-state index contributed by atoms with van der Waals surface area (Å²) in [6.45, 7) is 2.21. The first-order valence-electron chi connectivity index (χ1n) is 2.40. The summed E-state index contributed by atoms with van der Waals surface area (Å²) in [7, 11) is 1.97. The van der Waals surface area contributed by atoms with Crippen LogP contribution in [0, 0.1) is 0 Å². The van der Waals surface area contributed by atoms with Crippen molar-refractivity contribution in [3.63, 3.8) is 0 Å². The van der Waals surface area contributed by atoms with Gasteiger partial charge in [-0.15, -0.1) is 0 Å². The molecular formula is C4H12OSi. The number of hydrogen-bond acceptors (Lipinski definition) is 1. The zero-order valence-electron chi connectivity index (χ0n) is 4.53. The van der Waals surface area contributed by atoms with E-state index in [0.717, 1.165) is 6.23 Å². The topological polar surface area (TPSA) is 9.23 Å². The van der Waals surface area contributed by atoms with E-state index in [4.69, 9.17) is 4.74 Å². The van der Waals surface area contributed by atoms with Gasteiger partial charge in [-0.2, -0.15) is 0 Å². The van der Waals surface area contributed by atoms with Gasteiger partial charge in [0.15, 0.2) is 0 Å². The SMILES string of the molecule is CC[SiH2]COC. The molecule has 0 aliphatic rings. The van der Waals surface area contributed by atoms with E-state index in [1.807, 2.05) is 0 Å². The van der Waals surface area contributed by atoms with Crippen LogP contribution in [0.5, 0.6) is 0 Å². The molecule has 0 radical (unpaired) electrons. The van der Waals surface area contributed by atoms with Crippen LogP contribution in [0.2, 0.25) is 6.04 Å². The molecule has 0 aliphatic carbocycles.